The second-order valence-electron chi connectivity index (χ2n) is 4.95. The van der Waals surface area contributed by atoms with Crippen molar-refractivity contribution >= 4 is 27.6 Å². The minimum atomic E-state index is -0.237. The van der Waals surface area contributed by atoms with E-state index >= 15 is 0 Å². The summed E-state index contributed by atoms with van der Waals surface area (Å²) in [5.74, 6) is 0. The van der Waals surface area contributed by atoms with Gasteiger partial charge in [-0.15, -0.1) is 0 Å². The van der Waals surface area contributed by atoms with Crippen LogP contribution in [0, 0.1) is 12.3 Å². The minimum Gasteiger partial charge on any atom is -0.396 e. The van der Waals surface area contributed by atoms with Crippen LogP contribution >= 0.6 is 15.9 Å². The van der Waals surface area contributed by atoms with Crippen molar-refractivity contribution in [2.24, 2.45) is 5.41 Å². The Kier molecular flexibility index (Phi) is 3.92. The van der Waals surface area contributed by atoms with Crippen LogP contribution in [0.5, 0.6) is 0 Å². The van der Waals surface area contributed by atoms with Crippen LogP contribution in [0.4, 0.5) is 10.5 Å². The number of carbonyl (C=O) groups excluding carboxylic acids is 1. The van der Waals surface area contributed by atoms with E-state index in [-0.39, 0.29) is 18.1 Å². The van der Waals surface area contributed by atoms with Crippen LogP contribution in [0.15, 0.2) is 22.7 Å². The molecule has 3 N–H and O–H groups in total. The Labute approximate surface area is 115 Å². The van der Waals surface area contributed by atoms with Crippen LogP contribution in [-0.4, -0.2) is 24.3 Å². The highest BCUT2D eigenvalue weighted by molar-refractivity contribution is 9.10. The standard InChI is InChI=1S/C13H17BrN2O2/c1-9-2-3-11(10(14)6-9)16-12(18)15-7-13(8-17)4-5-13/h2-3,6,17H,4-5,7-8H2,1H3,(H2,15,16,18). The molecule has 1 aliphatic rings. The van der Waals surface area contributed by atoms with Gasteiger partial charge in [0.05, 0.1) is 12.3 Å². The second-order valence-corrected chi connectivity index (χ2v) is 5.80. The van der Waals surface area contributed by atoms with Gasteiger partial charge in [0.1, 0.15) is 0 Å². The Hall–Kier alpha value is -1.07. The van der Waals surface area contributed by atoms with Gasteiger partial charge < -0.3 is 15.7 Å². The number of amides is 2. The monoisotopic (exact) mass is 312 g/mol. The molecule has 18 heavy (non-hydrogen) atoms. The topological polar surface area (TPSA) is 61.4 Å². The average molecular weight is 313 g/mol. The van der Waals surface area contributed by atoms with Crippen molar-refractivity contribution in [2.45, 2.75) is 19.8 Å². The van der Waals surface area contributed by atoms with Crippen LogP contribution in [-0.2, 0) is 0 Å². The third kappa shape index (κ3) is 3.23. The van der Waals surface area contributed by atoms with Crippen molar-refractivity contribution in [3.63, 3.8) is 0 Å². The molecule has 0 radical (unpaired) electrons. The zero-order valence-corrected chi connectivity index (χ0v) is 11.9. The van der Waals surface area contributed by atoms with E-state index in [9.17, 15) is 4.79 Å². The molecule has 0 unspecified atom stereocenters. The molecule has 0 aliphatic heterocycles. The first-order valence-electron chi connectivity index (χ1n) is 5.97. The van der Waals surface area contributed by atoms with Crippen molar-refractivity contribution in [1.29, 1.82) is 0 Å². The lowest BCUT2D eigenvalue weighted by atomic mass is 10.1. The van der Waals surface area contributed by atoms with E-state index in [1.807, 2.05) is 25.1 Å². The van der Waals surface area contributed by atoms with Crippen molar-refractivity contribution in [3.8, 4) is 0 Å². The molecule has 2 amide bonds. The van der Waals surface area contributed by atoms with Gasteiger partial charge in [0.15, 0.2) is 0 Å². The fourth-order valence-electron chi connectivity index (χ4n) is 1.72. The van der Waals surface area contributed by atoms with Crippen molar-refractivity contribution in [1.82, 2.24) is 5.32 Å². The summed E-state index contributed by atoms with van der Waals surface area (Å²) >= 11 is 3.41. The molecule has 0 bridgehead atoms. The van der Waals surface area contributed by atoms with Crippen molar-refractivity contribution in [3.05, 3.63) is 28.2 Å². The van der Waals surface area contributed by atoms with Gasteiger partial charge >= 0.3 is 6.03 Å². The molecule has 5 heteroatoms. The van der Waals surface area contributed by atoms with Gasteiger partial charge in [-0.25, -0.2) is 4.79 Å². The van der Waals surface area contributed by atoms with Gasteiger partial charge in [-0.3, -0.25) is 0 Å². The zero-order valence-electron chi connectivity index (χ0n) is 10.3. The van der Waals surface area contributed by atoms with Gasteiger partial charge in [-0.1, -0.05) is 6.07 Å². The molecule has 0 spiro atoms. The van der Waals surface area contributed by atoms with Gasteiger partial charge in [0.2, 0.25) is 0 Å². The number of aryl methyl sites for hydroxylation is 1. The Bertz CT molecular complexity index is 458. The highest BCUT2D eigenvalue weighted by Crippen LogP contribution is 2.44. The van der Waals surface area contributed by atoms with E-state index < -0.39 is 0 Å². The molecule has 1 aromatic rings. The number of carbonyl (C=O) groups is 1. The summed E-state index contributed by atoms with van der Waals surface area (Å²) in [7, 11) is 0. The number of urea groups is 1. The van der Waals surface area contributed by atoms with E-state index in [1.165, 1.54) is 0 Å². The van der Waals surface area contributed by atoms with E-state index in [2.05, 4.69) is 26.6 Å². The summed E-state index contributed by atoms with van der Waals surface area (Å²) in [6.45, 7) is 2.66. The molecule has 1 saturated carbocycles. The Balaban J connectivity index is 1.87. The Morgan fingerprint density at radius 2 is 2.22 bits per heavy atom. The highest BCUT2D eigenvalue weighted by Gasteiger charge is 2.42. The van der Waals surface area contributed by atoms with E-state index in [0.29, 0.717) is 6.54 Å². The van der Waals surface area contributed by atoms with E-state index in [0.717, 1.165) is 28.6 Å². The molecule has 0 aromatic heterocycles. The number of aliphatic hydroxyl groups excluding tert-OH is 1. The van der Waals surface area contributed by atoms with Crippen LogP contribution in [0.2, 0.25) is 0 Å². The third-order valence-electron chi connectivity index (χ3n) is 3.29. The van der Waals surface area contributed by atoms with Crippen molar-refractivity contribution in [2.75, 3.05) is 18.5 Å². The predicted molar refractivity (Wildman–Crippen MR) is 74.7 cm³/mol. The number of hydrogen-bond donors (Lipinski definition) is 3. The summed E-state index contributed by atoms with van der Waals surface area (Å²) in [6, 6.07) is 5.51. The molecule has 4 nitrogen and oxygen atoms in total. The first kappa shape index (κ1) is 13.4. The first-order chi connectivity index (χ1) is 8.54. The number of hydrogen-bond acceptors (Lipinski definition) is 2. The van der Waals surface area contributed by atoms with E-state index in [4.69, 9.17) is 5.11 Å². The largest absolute Gasteiger partial charge is 0.396 e. The smallest absolute Gasteiger partial charge is 0.319 e. The maximum atomic E-state index is 11.7. The van der Waals surface area contributed by atoms with Gasteiger partial charge in [-0.05, 0) is 53.4 Å². The Morgan fingerprint density at radius 3 is 2.78 bits per heavy atom. The van der Waals surface area contributed by atoms with Crippen LogP contribution in [0.1, 0.15) is 18.4 Å². The van der Waals surface area contributed by atoms with E-state index in [1.54, 1.807) is 0 Å². The third-order valence-corrected chi connectivity index (χ3v) is 3.95. The molecule has 1 aliphatic carbocycles. The Morgan fingerprint density at radius 1 is 1.50 bits per heavy atom. The number of aliphatic hydroxyl groups is 1. The lowest BCUT2D eigenvalue weighted by molar-refractivity contribution is 0.206. The summed E-state index contributed by atoms with van der Waals surface area (Å²) in [5.41, 5.74) is 1.80. The fraction of sp³-hybridized carbons (Fsp3) is 0.462. The lowest BCUT2D eigenvalue weighted by Gasteiger charge is -2.14. The quantitative estimate of drug-likeness (QED) is 0.800. The molecule has 2 rings (SSSR count). The molecule has 0 atom stereocenters. The number of rotatable bonds is 4. The van der Waals surface area contributed by atoms with Gasteiger partial charge in [0, 0.05) is 16.4 Å². The minimum absolute atomic E-state index is 0.0676. The summed E-state index contributed by atoms with van der Waals surface area (Å²) in [6.07, 6.45) is 1.97. The molecule has 1 aromatic carbocycles. The number of anilines is 1. The van der Waals surface area contributed by atoms with Crippen molar-refractivity contribution < 1.29 is 9.90 Å². The lowest BCUT2D eigenvalue weighted by Crippen LogP contribution is -2.35. The van der Waals surface area contributed by atoms with Gasteiger partial charge in [-0.2, -0.15) is 0 Å². The van der Waals surface area contributed by atoms with Gasteiger partial charge in [0.25, 0.3) is 0 Å². The second kappa shape index (κ2) is 5.28. The van der Waals surface area contributed by atoms with Crippen LogP contribution < -0.4 is 10.6 Å². The number of benzene rings is 1. The highest BCUT2D eigenvalue weighted by atomic mass is 79.9. The fourth-order valence-corrected chi connectivity index (χ4v) is 2.32. The average Bonchev–Trinajstić information content (AvgIpc) is 3.11. The molecular weight excluding hydrogens is 296 g/mol. The normalized spacial score (nSPS) is 16.2. The molecular formula is C13H17BrN2O2. The summed E-state index contributed by atoms with van der Waals surface area (Å²) < 4.78 is 0.862. The first-order valence-corrected chi connectivity index (χ1v) is 6.76. The number of halogens is 1. The SMILES string of the molecule is Cc1ccc(NC(=O)NCC2(CO)CC2)c(Br)c1. The number of nitrogens with one attached hydrogen (secondary N) is 2. The summed E-state index contributed by atoms with van der Waals surface area (Å²) in [5, 5.41) is 14.7. The predicted octanol–water partition coefficient (Wildman–Crippen LogP) is 2.65. The molecule has 1 fully saturated rings. The molecule has 0 heterocycles. The molecule has 0 saturated heterocycles. The van der Waals surface area contributed by atoms with Crippen LogP contribution in [0.25, 0.3) is 0 Å². The molecule has 98 valence electrons. The zero-order chi connectivity index (χ0) is 13.2. The maximum absolute atomic E-state index is 11.7. The van der Waals surface area contributed by atoms with Crippen LogP contribution in [0.3, 0.4) is 0 Å². The maximum Gasteiger partial charge on any atom is 0.319 e. The summed E-state index contributed by atoms with van der Waals surface area (Å²) in [4.78, 5) is 11.7.